The van der Waals surface area contributed by atoms with E-state index in [0.717, 1.165) is 56.0 Å². The Kier molecular flexibility index (Phi) is 7.18. The Balaban J connectivity index is 1.32. The van der Waals surface area contributed by atoms with Crippen molar-refractivity contribution in [2.24, 2.45) is 0 Å². The molecule has 0 saturated carbocycles. The van der Waals surface area contributed by atoms with Crippen LogP contribution in [0.2, 0.25) is 5.02 Å². The molecule has 43 heavy (non-hydrogen) atoms. The van der Waals surface area contributed by atoms with Gasteiger partial charge in [-0.15, -0.1) is 0 Å². The van der Waals surface area contributed by atoms with Gasteiger partial charge in [0.15, 0.2) is 5.82 Å². The molecule has 3 aliphatic heterocycles. The first-order valence-corrected chi connectivity index (χ1v) is 15.3. The third-order valence-corrected chi connectivity index (χ3v) is 9.88. The first-order valence-electron chi connectivity index (χ1n) is 14.9. The van der Waals surface area contributed by atoms with Crippen LogP contribution in [0.1, 0.15) is 32.1 Å². The van der Waals surface area contributed by atoms with Crippen LogP contribution in [0.15, 0.2) is 55.3 Å². The number of fused-ring (bicyclic) bond motifs is 3. The van der Waals surface area contributed by atoms with Crippen molar-refractivity contribution >= 4 is 45.0 Å². The van der Waals surface area contributed by atoms with Gasteiger partial charge < -0.3 is 14.5 Å². The number of hydrogen-bond acceptors (Lipinski definition) is 7. The summed E-state index contributed by atoms with van der Waals surface area (Å²) in [7, 11) is 1.92. The van der Waals surface area contributed by atoms with Crippen LogP contribution in [-0.2, 0) is 4.79 Å². The van der Waals surface area contributed by atoms with E-state index in [9.17, 15) is 4.79 Å². The minimum atomic E-state index is -0.553. The maximum absolute atomic E-state index is 16.6. The molecule has 7 rings (SSSR count). The Bertz CT molecular complexity index is 1730. The van der Waals surface area contributed by atoms with Crippen molar-refractivity contribution in [2.45, 2.75) is 43.7 Å². The van der Waals surface area contributed by atoms with E-state index < -0.39 is 5.82 Å². The number of aromatic nitrogens is 3. The second-order valence-corrected chi connectivity index (χ2v) is 12.3. The van der Waals surface area contributed by atoms with Crippen LogP contribution >= 0.6 is 11.6 Å². The SMILES string of the molecule is C=CC(=O)N1CCC(N(C)c2nc(OCC34CCCN3CCC4)nc3c(F)c(-c4cccc5cccc(Cl)c45)ncc23)C1. The van der Waals surface area contributed by atoms with E-state index in [0.29, 0.717) is 41.5 Å². The van der Waals surface area contributed by atoms with Crippen molar-refractivity contribution in [3.8, 4) is 17.3 Å². The highest BCUT2D eigenvalue weighted by molar-refractivity contribution is 6.36. The van der Waals surface area contributed by atoms with Crippen LogP contribution in [-0.4, -0.2) is 82.1 Å². The first-order chi connectivity index (χ1) is 20.9. The fourth-order valence-corrected chi connectivity index (χ4v) is 7.54. The molecule has 8 nitrogen and oxygen atoms in total. The van der Waals surface area contributed by atoms with Crippen LogP contribution in [0.25, 0.3) is 32.9 Å². The zero-order valence-corrected chi connectivity index (χ0v) is 25.0. The van der Waals surface area contributed by atoms with Crippen LogP contribution in [0.3, 0.4) is 0 Å². The predicted octanol–water partition coefficient (Wildman–Crippen LogP) is 5.87. The number of carbonyl (C=O) groups is 1. The number of nitrogens with zero attached hydrogens (tertiary/aromatic N) is 6. The molecule has 222 valence electrons. The van der Waals surface area contributed by atoms with Gasteiger partial charge in [0.2, 0.25) is 5.91 Å². The smallest absolute Gasteiger partial charge is 0.319 e. The molecule has 3 fully saturated rings. The van der Waals surface area contributed by atoms with Crippen molar-refractivity contribution in [1.29, 1.82) is 0 Å². The summed E-state index contributed by atoms with van der Waals surface area (Å²) < 4.78 is 23.0. The molecule has 3 aliphatic rings. The molecule has 4 aromatic rings. The number of likely N-dealkylation sites (tertiary alicyclic amines) is 1. The van der Waals surface area contributed by atoms with Gasteiger partial charge in [0.05, 0.1) is 10.9 Å². The molecule has 3 saturated heterocycles. The number of anilines is 1. The van der Waals surface area contributed by atoms with E-state index in [4.69, 9.17) is 21.3 Å². The highest BCUT2D eigenvalue weighted by Gasteiger charge is 2.45. The summed E-state index contributed by atoms with van der Waals surface area (Å²) in [6.45, 7) is 7.38. The lowest BCUT2D eigenvalue weighted by Gasteiger charge is -2.31. The number of benzene rings is 2. The quantitative estimate of drug-likeness (QED) is 0.246. The molecule has 2 aromatic carbocycles. The minimum absolute atomic E-state index is 0.0109. The molecule has 1 unspecified atom stereocenters. The molecule has 1 atom stereocenters. The lowest BCUT2D eigenvalue weighted by Crippen LogP contribution is -2.43. The summed E-state index contributed by atoms with van der Waals surface area (Å²) in [5, 5.41) is 2.64. The fourth-order valence-electron chi connectivity index (χ4n) is 7.26. The molecule has 0 N–H and O–H groups in total. The number of rotatable bonds is 7. The number of amides is 1. The zero-order valence-electron chi connectivity index (χ0n) is 24.2. The molecular formula is C33H34ClFN6O2. The standard InChI is InChI=1S/C33H34ClFN6O2/c1-3-26(42)40-17-12-22(19-40)39(2)31-24-18-36-29(23-10-4-8-21-9-5-11-25(34)27(21)23)28(35)30(24)37-32(38-31)43-20-33-13-6-15-41(33)16-7-14-33/h3-5,8-11,18,22H,1,6-7,12-17,19-20H2,2H3. The minimum Gasteiger partial charge on any atom is -0.461 e. The molecule has 0 aliphatic carbocycles. The van der Waals surface area contributed by atoms with Crippen LogP contribution in [0.4, 0.5) is 10.2 Å². The molecule has 10 heteroatoms. The van der Waals surface area contributed by atoms with E-state index in [2.05, 4.69) is 21.4 Å². The molecule has 5 heterocycles. The van der Waals surface area contributed by atoms with Gasteiger partial charge in [-0.05, 0) is 62.7 Å². The largest absolute Gasteiger partial charge is 0.461 e. The van der Waals surface area contributed by atoms with E-state index >= 15 is 4.39 Å². The average Bonchev–Trinajstić information content (AvgIpc) is 3.76. The molecule has 0 spiro atoms. The number of ether oxygens (including phenoxy) is 1. The number of likely N-dealkylation sites (N-methyl/N-ethyl adjacent to an activating group) is 1. The van der Waals surface area contributed by atoms with Crippen LogP contribution < -0.4 is 9.64 Å². The van der Waals surface area contributed by atoms with Gasteiger partial charge in [0, 0.05) is 48.3 Å². The maximum Gasteiger partial charge on any atom is 0.319 e. The average molecular weight is 601 g/mol. The van der Waals surface area contributed by atoms with E-state index in [1.807, 2.05) is 42.3 Å². The summed E-state index contributed by atoms with van der Waals surface area (Å²) in [5.41, 5.74) is 0.900. The Morgan fingerprint density at radius 1 is 1.19 bits per heavy atom. The second kappa shape index (κ2) is 11.0. The zero-order chi connectivity index (χ0) is 29.7. The van der Waals surface area contributed by atoms with Gasteiger partial charge >= 0.3 is 6.01 Å². The Hall–Kier alpha value is -3.82. The van der Waals surface area contributed by atoms with Crippen molar-refractivity contribution in [2.75, 3.05) is 44.7 Å². The number of carbonyl (C=O) groups excluding carboxylic acids is 1. The molecule has 0 radical (unpaired) electrons. The van der Waals surface area contributed by atoms with Gasteiger partial charge in [-0.2, -0.15) is 9.97 Å². The highest BCUT2D eigenvalue weighted by Crippen LogP contribution is 2.40. The topological polar surface area (TPSA) is 74.7 Å². The highest BCUT2D eigenvalue weighted by atomic mass is 35.5. The van der Waals surface area contributed by atoms with Crippen molar-refractivity contribution in [3.05, 3.63) is 66.1 Å². The maximum atomic E-state index is 16.6. The summed E-state index contributed by atoms with van der Waals surface area (Å²) in [5.74, 6) is -0.127. The van der Waals surface area contributed by atoms with E-state index in [1.165, 1.54) is 6.08 Å². The van der Waals surface area contributed by atoms with Crippen molar-refractivity contribution in [1.82, 2.24) is 24.8 Å². The van der Waals surface area contributed by atoms with Gasteiger partial charge in [-0.3, -0.25) is 14.7 Å². The summed E-state index contributed by atoms with van der Waals surface area (Å²) in [6, 6.07) is 11.4. The van der Waals surface area contributed by atoms with Crippen LogP contribution in [0.5, 0.6) is 6.01 Å². The van der Waals surface area contributed by atoms with E-state index in [-0.39, 0.29) is 34.7 Å². The van der Waals surface area contributed by atoms with Crippen molar-refractivity contribution in [3.63, 3.8) is 0 Å². The van der Waals surface area contributed by atoms with E-state index in [1.54, 1.807) is 17.2 Å². The monoisotopic (exact) mass is 600 g/mol. The molecule has 2 aromatic heterocycles. The summed E-state index contributed by atoms with van der Waals surface area (Å²) in [4.78, 5) is 32.7. The molecular weight excluding hydrogens is 567 g/mol. The van der Waals surface area contributed by atoms with Crippen molar-refractivity contribution < 1.29 is 13.9 Å². The lowest BCUT2D eigenvalue weighted by atomic mass is 9.95. The van der Waals surface area contributed by atoms with Gasteiger partial charge in [0.25, 0.3) is 0 Å². The summed E-state index contributed by atoms with van der Waals surface area (Å²) >= 11 is 6.60. The third-order valence-electron chi connectivity index (χ3n) is 9.57. The second-order valence-electron chi connectivity index (χ2n) is 11.9. The normalized spacial score (nSPS) is 19.7. The molecule has 1 amide bonds. The Labute approximate surface area is 255 Å². The lowest BCUT2D eigenvalue weighted by molar-refractivity contribution is -0.125. The Morgan fingerprint density at radius 3 is 2.72 bits per heavy atom. The number of hydrogen-bond donors (Lipinski definition) is 0. The summed E-state index contributed by atoms with van der Waals surface area (Å²) in [6.07, 6.45) is 8.17. The molecule has 0 bridgehead atoms. The first kappa shape index (κ1) is 28.0. The number of halogens is 2. The van der Waals surface area contributed by atoms with Gasteiger partial charge in [-0.25, -0.2) is 4.39 Å². The van der Waals surface area contributed by atoms with Crippen LogP contribution in [0, 0.1) is 5.82 Å². The fraction of sp³-hybridized carbons (Fsp3) is 0.394. The third kappa shape index (κ3) is 4.79. The number of pyridine rings is 1. The predicted molar refractivity (Wildman–Crippen MR) is 167 cm³/mol. The van der Waals surface area contributed by atoms with Gasteiger partial charge in [0.1, 0.15) is 23.6 Å². The Morgan fingerprint density at radius 2 is 1.95 bits per heavy atom. The van der Waals surface area contributed by atoms with Gasteiger partial charge in [-0.1, -0.05) is 48.5 Å².